The average molecular weight is 315 g/mol. The predicted molar refractivity (Wildman–Crippen MR) is 90.6 cm³/mol. The summed E-state index contributed by atoms with van der Waals surface area (Å²) in [6, 6.07) is 5.81. The van der Waals surface area contributed by atoms with E-state index in [1.165, 1.54) is 4.88 Å². The molecule has 2 aromatic rings. The van der Waals surface area contributed by atoms with Crippen LogP contribution >= 0.6 is 11.3 Å². The molecule has 1 amide bonds. The van der Waals surface area contributed by atoms with Crippen LogP contribution in [0.25, 0.3) is 0 Å². The Kier molecular flexibility index (Phi) is 4.27. The Hall–Kier alpha value is -1.72. The van der Waals surface area contributed by atoms with E-state index in [2.05, 4.69) is 22.1 Å². The summed E-state index contributed by atoms with van der Waals surface area (Å²) >= 11 is 1.60. The number of benzene rings is 1. The van der Waals surface area contributed by atoms with Gasteiger partial charge in [0.15, 0.2) is 5.13 Å². The van der Waals surface area contributed by atoms with Crippen molar-refractivity contribution in [3.63, 3.8) is 0 Å². The van der Waals surface area contributed by atoms with E-state index in [0.717, 1.165) is 48.4 Å². The number of nitrogens with one attached hydrogen (secondary N) is 1. The van der Waals surface area contributed by atoms with E-state index in [1.807, 2.05) is 32.0 Å². The molecule has 3 rings (SSSR count). The largest absolute Gasteiger partial charge is 0.298 e. The van der Waals surface area contributed by atoms with Gasteiger partial charge in [0.2, 0.25) is 0 Å². The number of hydrogen-bond donors (Lipinski definition) is 1. The van der Waals surface area contributed by atoms with E-state index >= 15 is 0 Å². The lowest BCUT2D eigenvalue weighted by atomic mass is 10.0. The molecule has 2 heterocycles. The van der Waals surface area contributed by atoms with Crippen molar-refractivity contribution in [1.29, 1.82) is 0 Å². The van der Waals surface area contributed by atoms with Crippen LogP contribution in [0.3, 0.4) is 0 Å². The highest BCUT2D eigenvalue weighted by atomic mass is 32.1. The van der Waals surface area contributed by atoms with Crippen LogP contribution in [0.1, 0.15) is 39.0 Å². The number of fused-ring (bicyclic) bond motifs is 1. The fraction of sp³-hybridized carbons (Fsp3) is 0.412. The molecule has 116 valence electrons. The molecular weight excluding hydrogens is 294 g/mol. The average Bonchev–Trinajstić information content (AvgIpc) is 2.90. The summed E-state index contributed by atoms with van der Waals surface area (Å²) in [6.45, 7) is 9.24. The molecule has 1 aliphatic rings. The predicted octanol–water partition coefficient (Wildman–Crippen LogP) is 3.39. The first kappa shape index (κ1) is 15.2. The first-order chi connectivity index (χ1) is 10.6. The van der Waals surface area contributed by atoms with Crippen molar-refractivity contribution in [2.75, 3.05) is 18.4 Å². The number of rotatable bonds is 3. The summed E-state index contributed by atoms with van der Waals surface area (Å²) in [5.74, 6) is -0.0698. The van der Waals surface area contributed by atoms with Gasteiger partial charge in [-0.05, 0) is 37.6 Å². The molecule has 1 aromatic carbocycles. The summed E-state index contributed by atoms with van der Waals surface area (Å²) in [4.78, 5) is 20.7. The summed E-state index contributed by atoms with van der Waals surface area (Å²) in [5, 5.41) is 3.68. The number of likely N-dealkylation sites (N-methyl/N-ethyl adjacent to an activating group) is 1. The van der Waals surface area contributed by atoms with E-state index in [9.17, 15) is 4.79 Å². The lowest BCUT2D eigenvalue weighted by Crippen LogP contribution is -2.29. The van der Waals surface area contributed by atoms with Gasteiger partial charge in [0.25, 0.3) is 5.91 Å². The molecule has 22 heavy (non-hydrogen) atoms. The van der Waals surface area contributed by atoms with E-state index < -0.39 is 0 Å². The minimum absolute atomic E-state index is 0.0698. The van der Waals surface area contributed by atoms with Gasteiger partial charge in [-0.3, -0.25) is 15.0 Å². The molecule has 0 saturated carbocycles. The number of amides is 1. The first-order valence-corrected chi connectivity index (χ1v) is 8.48. The molecule has 0 atom stereocenters. The van der Waals surface area contributed by atoms with Gasteiger partial charge in [-0.2, -0.15) is 0 Å². The van der Waals surface area contributed by atoms with Crippen LogP contribution in [0.4, 0.5) is 5.13 Å². The zero-order valence-electron chi connectivity index (χ0n) is 13.3. The minimum atomic E-state index is -0.0698. The molecule has 0 radical (unpaired) electrons. The molecule has 1 N–H and O–H groups in total. The van der Waals surface area contributed by atoms with Crippen LogP contribution in [-0.2, 0) is 13.0 Å². The van der Waals surface area contributed by atoms with Crippen molar-refractivity contribution in [2.45, 2.75) is 33.7 Å². The number of carbonyl (C=O) groups is 1. The van der Waals surface area contributed by atoms with Crippen LogP contribution < -0.4 is 5.32 Å². The number of aromatic nitrogens is 1. The molecular formula is C17H21N3OS. The lowest BCUT2D eigenvalue weighted by Gasteiger charge is -2.23. The third-order valence-electron chi connectivity index (χ3n) is 4.33. The molecule has 0 fully saturated rings. The fourth-order valence-corrected chi connectivity index (χ4v) is 3.78. The van der Waals surface area contributed by atoms with E-state index in [-0.39, 0.29) is 5.91 Å². The quantitative estimate of drug-likeness (QED) is 0.944. The maximum absolute atomic E-state index is 12.5. The molecule has 5 heteroatoms. The summed E-state index contributed by atoms with van der Waals surface area (Å²) < 4.78 is 0. The molecule has 0 spiro atoms. The van der Waals surface area contributed by atoms with Gasteiger partial charge < -0.3 is 0 Å². The normalized spacial score (nSPS) is 14.7. The standard InChI is InChI=1S/C17H21N3OS/c1-4-20-9-8-14-15(10-20)22-17(18-14)19-16(21)13-7-5-6-11(2)12(13)3/h5-7H,4,8-10H2,1-3H3,(H,18,19,21). The van der Waals surface area contributed by atoms with Gasteiger partial charge in [0, 0.05) is 30.0 Å². The molecule has 4 nitrogen and oxygen atoms in total. The minimum Gasteiger partial charge on any atom is -0.298 e. The lowest BCUT2D eigenvalue weighted by molar-refractivity contribution is 0.102. The highest BCUT2D eigenvalue weighted by Gasteiger charge is 2.21. The van der Waals surface area contributed by atoms with Gasteiger partial charge in [-0.15, -0.1) is 11.3 Å². The van der Waals surface area contributed by atoms with Gasteiger partial charge in [-0.25, -0.2) is 4.98 Å². The molecule has 0 bridgehead atoms. The van der Waals surface area contributed by atoms with Gasteiger partial charge in [-0.1, -0.05) is 19.1 Å². The second kappa shape index (κ2) is 6.18. The molecule has 0 aliphatic carbocycles. The number of nitrogens with zero attached hydrogens (tertiary/aromatic N) is 2. The fourth-order valence-electron chi connectivity index (χ4n) is 2.73. The first-order valence-electron chi connectivity index (χ1n) is 7.67. The number of anilines is 1. The number of hydrogen-bond acceptors (Lipinski definition) is 4. The van der Waals surface area contributed by atoms with E-state index in [0.29, 0.717) is 5.13 Å². The summed E-state index contributed by atoms with van der Waals surface area (Å²) in [6.07, 6.45) is 0.971. The number of carbonyl (C=O) groups excluding carboxylic acids is 1. The number of aryl methyl sites for hydroxylation is 1. The zero-order valence-corrected chi connectivity index (χ0v) is 14.1. The van der Waals surface area contributed by atoms with Crippen molar-refractivity contribution >= 4 is 22.4 Å². The van der Waals surface area contributed by atoms with Crippen molar-refractivity contribution in [3.05, 3.63) is 45.5 Å². The zero-order chi connectivity index (χ0) is 15.7. The van der Waals surface area contributed by atoms with Crippen LogP contribution in [0.2, 0.25) is 0 Å². The van der Waals surface area contributed by atoms with Crippen LogP contribution in [0, 0.1) is 13.8 Å². The Morgan fingerprint density at radius 3 is 3.00 bits per heavy atom. The smallest absolute Gasteiger partial charge is 0.257 e. The monoisotopic (exact) mass is 315 g/mol. The van der Waals surface area contributed by atoms with Gasteiger partial charge in [0.05, 0.1) is 5.69 Å². The van der Waals surface area contributed by atoms with Gasteiger partial charge >= 0.3 is 0 Å². The van der Waals surface area contributed by atoms with Crippen molar-refractivity contribution in [3.8, 4) is 0 Å². The second-order valence-electron chi connectivity index (χ2n) is 5.71. The Labute approximate surface area is 135 Å². The van der Waals surface area contributed by atoms with Crippen LogP contribution in [0.15, 0.2) is 18.2 Å². The third kappa shape index (κ3) is 2.91. The molecule has 0 saturated heterocycles. The second-order valence-corrected chi connectivity index (χ2v) is 6.79. The highest BCUT2D eigenvalue weighted by molar-refractivity contribution is 7.15. The summed E-state index contributed by atoms with van der Waals surface area (Å²) in [5.41, 5.74) is 4.03. The Morgan fingerprint density at radius 1 is 1.41 bits per heavy atom. The van der Waals surface area contributed by atoms with Crippen molar-refractivity contribution < 1.29 is 4.79 Å². The van der Waals surface area contributed by atoms with E-state index in [1.54, 1.807) is 11.3 Å². The molecule has 0 unspecified atom stereocenters. The van der Waals surface area contributed by atoms with Crippen LogP contribution in [0.5, 0.6) is 0 Å². The third-order valence-corrected chi connectivity index (χ3v) is 5.33. The highest BCUT2D eigenvalue weighted by Crippen LogP contribution is 2.28. The topological polar surface area (TPSA) is 45.2 Å². The Bertz CT molecular complexity index is 708. The van der Waals surface area contributed by atoms with Crippen LogP contribution in [-0.4, -0.2) is 28.9 Å². The van der Waals surface area contributed by atoms with Gasteiger partial charge in [0.1, 0.15) is 0 Å². The molecule has 1 aromatic heterocycles. The van der Waals surface area contributed by atoms with Crippen molar-refractivity contribution in [2.24, 2.45) is 0 Å². The van der Waals surface area contributed by atoms with Crippen molar-refractivity contribution in [1.82, 2.24) is 9.88 Å². The summed E-state index contributed by atoms with van der Waals surface area (Å²) in [7, 11) is 0. The molecule has 1 aliphatic heterocycles. The maximum atomic E-state index is 12.5. The SMILES string of the molecule is CCN1CCc2nc(NC(=O)c3cccc(C)c3C)sc2C1. The van der Waals surface area contributed by atoms with E-state index in [4.69, 9.17) is 0 Å². The Morgan fingerprint density at radius 2 is 2.23 bits per heavy atom. The number of thiazole rings is 1. The Balaban J connectivity index is 1.78. The maximum Gasteiger partial charge on any atom is 0.257 e.